The van der Waals surface area contributed by atoms with Crippen molar-refractivity contribution in [2.45, 2.75) is 33.1 Å². The van der Waals surface area contributed by atoms with Crippen LogP contribution in [0, 0.1) is 17.3 Å². The van der Waals surface area contributed by atoms with Crippen molar-refractivity contribution in [3.05, 3.63) is 33.0 Å². The molecule has 0 saturated heterocycles. The van der Waals surface area contributed by atoms with E-state index in [0.717, 1.165) is 17.4 Å². The molecule has 0 aromatic carbocycles. The minimum atomic E-state index is -4.66. The standard InChI is InChI=1S/C15H14ClF5O2S/c1-14(2)8(5-10(16)15(19,20)21)11(14)13(22)23-6-7-3-4-9(24-7)12(17)18/h3-5,8,11-12H,6H2,1-2H3/t8-,11-/m0/s1. The summed E-state index contributed by atoms with van der Waals surface area (Å²) < 4.78 is 67.4. The van der Waals surface area contributed by atoms with E-state index in [1.807, 2.05) is 0 Å². The third-order valence-corrected chi connectivity index (χ3v) is 5.42. The Morgan fingerprint density at radius 1 is 1.42 bits per heavy atom. The molecule has 1 aliphatic rings. The van der Waals surface area contributed by atoms with E-state index in [9.17, 15) is 26.7 Å². The smallest absolute Gasteiger partial charge is 0.426 e. The van der Waals surface area contributed by atoms with Gasteiger partial charge in [0, 0.05) is 4.88 Å². The van der Waals surface area contributed by atoms with Crippen LogP contribution < -0.4 is 0 Å². The van der Waals surface area contributed by atoms with Gasteiger partial charge in [-0.25, -0.2) is 8.78 Å². The summed E-state index contributed by atoms with van der Waals surface area (Å²) in [5.41, 5.74) is -0.702. The van der Waals surface area contributed by atoms with Crippen molar-refractivity contribution in [2.75, 3.05) is 0 Å². The van der Waals surface area contributed by atoms with Crippen LogP contribution in [-0.2, 0) is 16.1 Å². The van der Waals surface area contributed by atoms with E-state index in [1.165, 1.54) is 12.1 Å². The molecule has 1 saturated carbocycles. The van der Waals surface area contributed by atoms with Crippen LogP contribution in [0.25, 0.3) is 0 Å². The van der Waals surface area contributed by atoms with E-state index >= 15 is 0 Å². The van der Waals surface area contributed by atoms with E-state index in [4.69, 9.17) is 16.3 Å². The number of carbonyl (C=O) groups excluding carboxylic acids is 1. The van der Waals surface area contributed by atoms with E-state index in [-0.39, 0.29) is 11.5 Å². The van der Waals surface area contributed by atoms with Crippen LogP contribution in [0.4, 0.5) is 22.0 Å². The molecule has 0 aliphatic heterocycles. The van der Waals surface area contributed by atoms with Crippen LogP contribution in [-0.4, -0.2) is 12.1 Å². The van der Waals surface area contributed by atoms with Crippen LogP contribution >= 0.6 is 22.9 Å². The molecule has 2 rings (SSSR count). The maximum atomic E-state index is 12.5. The lowest BCUT2D eigenvalue weighted by Gasteiger charge is -2.04. The number of halogens is 6. The molecule has 1 heterocycles. The molecule has 0 amide bonds. The maximum Gasteiger partial charge on any atom is 0.426 e. The summed E-state index contributed by atoms with van der Waals surface area (Å²) in [5, 5.41) is -1.27. The molecule has 134 valence electrons. The molecule has 0 radical (unpaired) electrons. The van der Waals surface area contributed by atoms with Crippen LogP contribution in [0.15, 0.2) is 23.2 Å². The van der Waals surface area contributed by atoms with Crippen LogP contribution in [0.2, 0.25) is 0 Å². The topological polar surface area (TPSA) is 26.3 Å². The largest absolute Gasteiger partial charge is 0.460 e. The molecule has 1 aliphatic carbocycles. The second-order valence-electron chi connectivity index (χ2n) is 6.05. The van der Waals surface area contributed by atoms with Gasteiger partial charge in [-0.1, -0.05) is 31.5 Å². The average molecular weight is 389 g/mol. The molecule has 24 heavy (non-hydrogen) atoms. The zero-order chi connectivity index (χ0) is 18.3. The Balaban J connectivity index is 1.97. The highest BCUT2D eigenvalue weighted by atomic mass is 35.5. The van der Waals surface area contributed by atoms with Crippen molar-refractivity contribution >= 4 is 28.9 Å². The van der Waals surface area contributed by atoms with Crippen molar-refractivity contribution in [3.63, 3.8) is 0 Å². The fraction of sp³-hybridized carbons (Fsp3) is 0.533. The van der Waals surface area contributed by atoms with E-state index in [1.54, 1.807) is 13.8 Å². The number of carbonyl (C=O) groups is 1. The lowest BCUT2D eigenvalue weighted by Crippen LogP contribution is -2.10. The number of hydrogen-bond donors (Lipinski definition) is 0. The number of thiophene rings is 1. The second-order valence-corrected chi connectivity index (χ2v) is 7.66. The fourth-order valence-electron chi connectivity index (χ4n) is 2.51. The highest BCUT2D eigenvalue weighted by molar-refractivity contribution is 7.12. The normalized spacial score (nSPS) is 23.5. The van der Waals surface area contributed by atoms with Gasteiger partial charge in [-0.3, -0.25) is 4.79 Å². The van der Waals surface area contributed by atoms with Crippen molar-refractivity contribution in [1.82, 2.24) is 0 Å². The third kappa shape index (κ3) is 4.08. The van der Waals surface area contributed by atoms with Crippen molar-refractivity contribution in [3.8, 4) is 0 Å². The summed E-state index contributed by atoms with van der Waals surface area (Å²) in [6.45, 7) is 3.09. The Labute approximate surface area is 144 Å². The van der Waals surface area contributed by atoms with Gasteiger partial charge >= 0.3 is 12.1 Å². The van der Waals surface area contributed by atoms with Gasteiger partial charge in [-0.15, -0.1) is 11.3 Å². The summed E-state index contributed by atoms with van der Waals surface area (Å²) in [4.78, 5) is 12.4. The van der Waals surface area contributed by atoms with E-state index in [0.29, 0.717) is 4.88 Å². The van der Waals surface area contributed by atoms with E-state index in [2.05, 4.69) is 0 Å². The Bertz CT molecular complexity index is 651. The predicted octanol–water partition coefficient (Wildman–Crippen LogP) is 5.69. The summed E-state index contributed by atoms with van der Waals surface area (Å²) in [6, 6.07) is 2.67. The predicted molar refractivity (Wildman–Crippen MR) is 79.8 cm³/mol. The molecule has 1 fully saturated rings. The number of allylic oxidation sites excluding steroid dienone is 2. The summed E-state index contributed by atoms with van der Waals surface area (Å²) >= 11 is 6.03. The first-order chi connectivity index (χ1) is 10.9. The maximum absolute atomic E-state index is 12.5. The monoisotopic (exact) mass is 388 g/mol. The lowest BCUT2D eigenvalue weighted by molar-refractivity contribution is -0.147. The van der Waals surface area contributed by atoms with Crippen molar-refractivity contribution in [2.24, 2.45) is 17.3 Å². The zero-order valence-corrected chi connectivity index (χ0v) is 14.2. The first-order valence-corrected chi connectivity index (χ1v) is 8.12. The van der Waals surface area contributed by atoms with Crippen molar-refractivity contribution < 1.29 is 31.5 Å². The number of ether oxygens (including phenoxy) is 1. The Morgan fingerprint density at radius 3 is 2.54 bits per heavy atom. The molecule has 2 nitrogen and oxygen atoms in total. The minimum Gasteiger partial charge on any atom is -0.460 e. The summed E-state index contributed by atoms with van der Waals surface area (Å²) in [7, 11) is 0. The highest BCUT2D eigenvalue weighted by Crippen LogP contribution is 2.60. The third-order valence-electron chi connectivity index (χ3n) is 4.02. The van der Waals surface area contributed by atoms with Gasteiger partial charge in [0.05, 0.1) is 10.8 Å². The number of esters is 1. The number of alkyl halides is 5. The molecule has 9 heteroatoms. The van der Waals surface area contributed by atoms with Crippen LogP contribution in [0.3, 0.4) is 0 Å². The van der Waals surface area contributed by atoms with Gasteiger partial charge in [0.1, 0.15) is 11.6 Å². The van der Waals surface area contributed by atoms with E-state index < -0.39 is 40.9 Å². The molecule has 1 aromatic rings. The van der Waals surface area contributed by atoms with Gasteiger partial charge in [0.25, 0.3) is 6.43 Å². The molecule has 2 atom stereocenters. The minimum absolute atomic E-state index is 0.134. The lowest BCUT2D eigenvalue weighted by atomic mass is 10.1. The molecule has 0 N–H and O–H groups in total. The summed E-state index contributed by atoms with van der Waals surface area (Å²) in [6.07, 6.45) is -6.42. The Kier molecular flexibility index (Phi) is 5.30. The SMILES string of the molecule is CC1(C)[C@H](C(=O)OCc2ccc(C(F)F)s2)[C@@H]1C=C(Cl)C(F)(F)F. The average Bonchev–Trinajstić information content (AvgIpc) is 2.83. The molecule has 0 bridgehead atoms. The van der Waals surface area contributed by atoms with Gasteiger partial charge in [-0.05, 0) is 23.5 Å². The van der Waals surface area contributed by atoms with Gasteiger partial charge in [-0.2, -0.15) is 13.2 Å². The van der Waals surface area contributed by atoms with Crippen LogP contribution in [0.5, 0.6) is 0 Å². The Morgan fingerprint density at radius 2 is 2.04 bits per heavy atom. The Hall–Kier alpha value is -1.15. The van der Waals surface area contributed by atoms with Gasteiger partial charge < -0.3 is 4.74 Å². The van der Waals surface area contributed by atoms with Crippen molar-refractivity contribution in [1.29, 1.82) is 0 Å². The van der Waals surface area contributed by atoms with Gasteiger partial charge in [0.15, 0.2) is 0 Å². The second kappa shape index (κ2) is 6.63. The molecule has 0 unspecified atom stereocenters. The molecular formula is C15H14ClF5O2S. The molecule has 0 spiro atoms. The highest BCUT2D eigenvalue weighted by Gasteiger charge is 2.62. The number of hydrogen-bond acceptors (Lipinski definition) is 3. The quantitative estimate of drug-likeness (QED) is 0.478. The summed E-state index contributed by atoms with van der Waals surface area (Å²) in [5.74, 6) is -2.10. The molecular weight excluding hydrogens is 375 g/mol. The molecule has 1 aromatic heterocycles. The number of rotatable bonds is 5. The fourth-order valence-corrected chi connectivity index (χ4v) is 3.43. The first kappa shape index (κ1) is 19.2. The first-order valence-electron chi connectivity index (χ1n) is 6.92. The van der Waals surface area contributed by atoms with Gasteiger partial charge in [0.2, 0.25) is 0 Å². The van der Waals surface area contributed by atoms with Crippen LogP contribution in [0.1, 0.15) is 30.0 Å². The zero-order valence-electron chi connectivity index (χ0n) is 12.7.